The molecule has 0 aliphatic carbocycles. The molecule has 0 spiro atoms. The summed E-state index contributed by atoms with van der Waals surface area (Å²) in [7, 11) is -2.48. The fourth-order valence-electron chi connectivity index (χ4n) is 6.45. The van der Waals surface area contributed by atoms with Crippen LogP contribution >= 0.6 is 0 Å². The van der Waals surface area contributed by atoms with Crippen molar-refractivity contribution in [1.82, 2.24) is 19.2 Å². The standard InChI is InChI=1S/C33H33N5O7S/c1-21-34-29-23(31(41)38(21)25-15-16-28(39)36-30(25)40)11-8-12-24(29)35-32(42)33(22-9-4-3-5-10-22)17-19-37(20-18-33)46(43,44)27-14-7-6-13-26(27)45-2/h3-14,25H,15-20H2,1-2H3,(H2-,35,36,39,40,42,43,44). The maximum Gasteiger partial charge on any atom is 0.262 e. The van der Waals surface area contributed by atoms with Crippen molar-refractivity contribution in [1.29, 1.82) is 0 Å². The van der Waals surface area contributed by atoms with Gasteiger partial charge >= 0.3 is 0 Å². The van der Waals surface area contributed by atoms with E-state index in [2.05, 4.69) is 15.6 Å². The number of hydrogen-bond acceptors (Lipinski definition) is 8. The number of ether oxygens (including phenoxy) is 1. The lowest BCUT2D eigenvalue weighted by atomic mass is 9.72. The molecule has 12 nitrogen and oxygen atoms in total. The van der Waals surface area contributed by atoms with Gasteiger partial charge in [0.05, 0.1) is 23.6 Å². The number of methoxy groups -OCH3 is 1. The number of rotatable bonds is 7. The van der Waals surface area contributed by atoms with Gasteiger partial charge < -0.3 is 14.6 Å². The summed E-state index contributed by atoms with van der Waals surface area (Å²) in [4.78, 5) is 57.0. The highest BCUT2D eigenvalue weighted by atomic mass is 32.3. The van der Waals surface area contributed by atoms with Crippen molar-refractivity contribution in [2.24, 2.45) is 0 Å². The molecular weight excluding hydrogens is 610 g/mol. The number of anilines is 1. The Morgan fingerprint density at radius 1 is 1.02 bits per heavy atom. The first kappa shape index (κ1) is 31.3. The predicted molar refractivity (Wildman–Crippen MR) is 170 cm³/mol. The molecule has 2 atom stereocenters. The number of para-hydroxylation sites is 2. The van der Waals surface area contributed by atoms with Gasteiger partial charge in [0, 0.05) is 19.5 Å². The Bertz CT molecular complexity index is 1950. The Morgan fingerprint density at radius 3 is 2.41 bits per heavy atom. The van der Waals surface area contributed by atoms with Crippen LogP contribution in [0.25, 0.3) is 10.9 Å². The highest BCUT2D eigenvalue weighted by Gasteiger charge is 2.47. The molecule has 2 aliphatic heterocycles. The van der Waals surface area contributed by atoms with Gasteiger partial charge in [0.15, 0.2) is 16.1 Å². The molecule has 3 amide bonds. The minimum absolute atomic E-state index is 0.0642. The molecular formula is C33H33N5O7S. The average molecular weight is 644 g/mol. The summed E-state index contributed by atoms with van der Waals surface area (Å²) in [6.45, 7) is 1.78. The molecule has 3 aromatic carbocycles. The van der Waals surface area contributed by atoms with Crippen molar-refractivity contribution in [3.8, 4) is 5.75 Å². The molecule has 2 saturated heterocycles. The van der Waals surface area contributed by atoms with Crippen LogP contribution in [-0.4, -0.2) is 56.3 Å². The van der Waals surface area contributed by atoms with Crippen molar-refractivity contribution < 1.29 is 27.9 Å². The van der Waals surface area contributed by atoms with E-state index in [0.717, 1.165) is 5.56 Å². The SMILES string of the molecule is COc1ccccc1[S+](=O)([O-])N1CCC(C(=O)Nc2cccc3c(=O)n(C4CCC(=O)NC4=O)c(C)nc23)(c2ccccc2)CC1. The number of piperidine rings is 2. The predicted octanol–water partition coefficient (Wildman–Crippen LogP) is 3.27. The van der Waals surface area contributed by atoms with Gasteiger partial charge in [-0.05, 0) is 56.0 Å². The van der Waals surface area contributed by atoms with Gasteiger partial charge in [0.25, 0.3) is 5.56 Å². The number of amides is 3. The summed E-state index contributed by atoms with van der Waals surface area (Å²) in [5, 5.41) is 5.49. The third-order valence-corrected chi connectivity index (χ3v) is 10.8. The number of nitrogens with zero attached hydrogens (tertiary/aromatic N) is 3. The number of carbonyl (C=O) groups is 3. The fourth-order valence-corrected chi connectivity index (χ4v) is 8.05. The van der Waals surface area contributed by atoms with E-state index in [9.17, 15) is 27.9 Å². The van der Waals surface area contributed by atoms with Gasteiger partial charge in [-0.3, -0.25) is 29.1 Å². The molecule has 2 N–H and O–H groups in total. The Morgan fingerprint density at radius 2 is 1.72 bits per heavy atom. The second-order valence-electron chi connectivity index (χ2n) is 11.5. The molecule has 6 rings (SSSR count). The maximum absolute atomic E-state index is 14.3. The largest absolute Gasteiger partial charge is 0.593 e. The topological polar surface area (TPSA) is 163 Å². The maximum atomic E-state index is 14.3. The Labute approximate surface area is 266 Å². The molecule has 13 heteroatoms. The quantitative estimate of drug-likeness (QED) is 0.229. The molecule has 2 fully saturated rings. The van der Waals surface area contributed by atoms with Crippen molar-refractivity contribution in [3.63, 3.8) is 0 Å². The summed E-state index contributed by atoms with van der Waals surface area (Å²) >= 11 is 0. The van der Waals surface area contributed by atoms with Crippen molar-refractivity contribution in [2.45, 2.75) is 49.0 Å². The number of sulfonamides is 1. The Kier molecular flexibility index (Phi) is 8.32. The number of aryl methyl sites for hydroxylation is 1. The van der Waals surface area contributed by atoms with Gasteiger partial charge in [0.2, 0.25) is 22.6 Å². The van der Waals surface area contributed by atoms with Crippen LogP contribution in [0.1, 0.15) is 43.1 Å². The van der Waals surface area contributed by atoms with Crippen LogP contribution in [0.2, 0.25) is 0 Å². The molecule has 0 radical (unpaired) electrons. The van der Waals surface area contributed by atoms with Gasteiger partial charge in [-0.15, -0.1) is 4.31 Å². The Balaban J connectivity index is 1.33. The number of nitrogens with one attached hydrogen (secondary N) is 2. The fraction of sp³-hybridized carbons (Fsp3) is 0.303. The smallest absolute Gasteiger partial charge is 0.262 e. The number of imide groups is 1. The summed E-state index contributed by atoms with van der Waals surface area (Å²) in [6, 6.07) is 19.7. The number of hydrogen-bond donors (Lipinski definition) is 2. The van der Waals surface area contributed by atoms with Crippen LogP contribution in [0.15, 0.2) is 82.5 Å². The first-order chi connectivity index (χ1) is 22.1. The van der Waals surface area contributed by atoms with Crippen LogP contribution in [-0.2, 0) is 34.4 Å². The van der Waals surface area contributed by atoms with Gasteiger partial charge in [-0.2, -0.15) is 0 Å². The number of aromatic nitrogens is 2. The van der Waals surface area contributed by atoms with E-state index in [-0.39, 0.29) is 78.0 Å². The molecule has 2 unspecified atom stereocenters. The third-order valence-electron chi connectivity index (χ3n) is 8.90. The van der Waals surface area contributed by atoms with Crippen LogP contribution in [0, 0.1) is 6.92 Å². The summed E-state index contributed by atoms with van der Waals surface area (Å²) < 4.78 is 35.2. The Hall–Kier alpha value is -4.72. The van der Waals surface area contributed by atoms with Crippen molar-refractivity contribution in [2.75, 3.05) is 25.5 Å². The average Bonchev–Trinajstić information content (AvgIpc) is 3.06. The first-order valence-electron chi connectivity index (χ1n) is 14.9. The van der Waals surface area contributed by atoms with Gasteiger partial charge in [-0.25, -0.2) is 4.98 Å². The molecule has 3 heterocycles. The summed E-state index contributed by atoms with van der Waals surface area (Å²) in [5.41, 5.74) is -0.210. The first-order valence-corrected chi connectivity index (χ1v) is 16.4. The zero-order valence-corrected chi connectivity index (χ0v) is 26.2. The number of carbonyl (C=O) groups excluding carboxylic acids is 3. The van der Waals surface area contributed by atoms with E-state index in [4.69, 9.17) is 4.74 Å². The van der Waals surface area contributed by atoms with E-state index in [1.807, 2.05) is 30.3 Å². The lowest BCUT2D eigenvalue weighted by Crippen LogP contribution is -2.52. The van der Waals surface area contributed by atoms with E-state index in [1.165, 1.54) is 22.0 Å². The highest BCUT2D eigenvalue weighted by molar-refractivity contribution is 7.95. The zero-order chi connectivity index (χ0) is 32.6. The normalized spacial score (nSPS) is 19.7. The van der Waals surface area contributed by atoms with Gasteiger partial charge in [-0.1, -0.05) is 52.7 Å². The molecule has 0 bridgehead atoms. The zero-order valence-electron chi connectivity index (χ0n) is 25.4. The monoisotopic (exact) mass is 643 g/mol. The van der Waals surface area contributed by atoms with Crippen molar-refractivity contribution in [3.05, 3.63) is 94.5 Å². The molecule has 4 aromatic rings. The van der Waals surface area contributed by atoms with Crippen LogP contribution in [0.3, 0.4) is 0 Å². The second-order valence-corrected chi connectivity index (χ2v) is 13.4. The molecule has 46 heavy (non-hydrogen) atoms. The number of benzene rings is 3. The summed E-state index contributed by atoms with van der Waals surface area (Å²) in [6.07, 6.45) is 0.696. The molecule has 0 saturated carbocycles. The van der Waals surface area contributed by atoms with Crippen LogP contribution in [0.4, 0.5) is 5.69 Å². The number of fused-ring (bicyclic) bond motifs is 1. The second kappa shape index (κ2) is 12.2. The lowest BCUT2D eigenvalue weighted by molar-refractivity contribution is -0.135. The van der Waals surface area contributed by atoms with Gasteiger partial charge in [0.1, 0.15) is 17.4 Å². The minimum atomic E-state index is -3.90. The van der Waals surface area contributed by atoms with E-state index < -0.39 is 33.3 Å². The van der Waals surface area contributed by atoms with Crippen molar-refractivity contribution >= 4 is 44.7 Å². The lowest BCUT2D eigenvalue weighted by Gasteiger charge is -2.41. The van der Waals surface area contributed by atoms with E-state index in [1.54, 1.807) is 43.3 Å². The van der Waals surface area contributed by atoms with Crippen LogP contribution in [0.5, 0.6) is 5.75 Å². The van der Waals surface area contributed by atoms with Crippen LogP contribution < -0.4 is 20.9 Å². The molecule has 1 aromatic heterocycles. The highest BCUT2D eigenvalue weighted by Crippen LogP contribution is 2.41. The molecule has 238 valence electrons. The third kappa shape index (κ3) is 5.40. The molecule has 2 aliphatic rings. The van der Waals surface area contributed by atoms with E-state index >= 15 is 0 Å². The summed E-state index contributed by atoms with van der Waals surface area (Å²) in [5.74, 6) is -0.789. The minimum Gasteiger partial charge on any atom is -0.593 e. The van der Waals surface area contributed by atoms with E-state index in [0.29, 0.717) is 5.69 Å².